The average molecular weight is 444 g/mol. The molecule has 0 aliphatic rings. The van der Waals surface area contributed by atoms with E-state index in [1.807, 2.05) is 12.1 Å². The fourth-order valence-electron chi connectivity index (χ4n) is 2.93. The number of anilines is 2. The Bertz CT molecular complexity index is 960. The maximum absolute atomic E-state index is 12.6. The highest BCUT2D eigenvalue weighted by atomic mass is 35.5. The van der Waals surface area contributed by atoms with E-state index in [1.165, 1.54) is 5.56 Å². The second-order valence-corrected chi connectivity index (χ2v) is 7.43. The standard InChI is InChI=1S/C22H26ClN5O3/c1-2-15-4-6-16(7-5-15)14-19(20-27-22(31-28-20)24-12-3-13-29)26-21(30)25-18-10-8-17(23)9-11-18/h4-11,19,29H,2-3,12-14H2,1H3,(H,24,27,28)(H2,25,26,30). The summed E-state index contributed by atoms with van der Waals surface area (Å²) in [6.07, 6.45) is 2.01. The minimum atomic E-state index is -0.503. The van der Waals surface area contributed by atoms with Crippen molar-refractivity contribution in [2.45, 2.75) is 32.2 Å². The molecule has 1 aromatic heterocycles. The highest BCUT2D eigenvalue weighted by Crippen LogP contribution is 2.19. The summed E-state index contributed by atoms with van der Waals surface area (Å²) in [5.41, 5.74) is 2.89. The van der Waals surface area contributed by atoms with E-state index < -0.39 is 12.1 Å². The van der Waals surface area contributed by atoms with Gasteiger partial charge in [0.05, 0.1) is 6.04 Å². The van der Waals surface area contributed by atoms with Crippen LogP contribution in [0.5, 0.6) is 0 Å². The van der Waals surface area contributed by atoms with Crippen LogP contribution >= 0.6 is 11.6 Å². The van der Waals surface area contributed by atoms with Crippen LogP contribution < -0.4 is 16.0 Å². The fourth-order valence-corrected chi connectivity index (χ4v) is 3.06. The number of carbonyl (C=O) groups excluding carboxylic acids is 1. The molecule has 2 aromatic carbocycles. The summed E-state index contributed by atoms with van der Waals surface area (Å²) in [6.45, 7) is 2.67. The summed E-state index contributed by atoms with van der Waals surface area (Å²) in [4.78, 5) is 17.0. The van der Waals surface area contributed by atoms with Gasteiger partial charge in [0.15, 0.2) is 5.82 Å². The van der Waals surface area contributed by atoms with Crippen LogP contribution in [0.15, 0.2) is 53.1 Å². The van der Waals surface area contributed by atoms with Crippen LogP contribution in [0.1, 0.15) is 36.3 Å². The lowest BCUT2D eigenvalue weighted by Gasteiger charge is -2.16. The van der Waals surface area contributed by atoms with Crippen LogP contribution in [0.4, 0.5) is 16.5 Å². The predicted molar refractivity (Wildman–Crippen MR) is 120 cm³/mol. The van der Waals surface area contributed by atoms with Crippen molar-refractivity contribution in [1.82, 2.24) is 15.5 Å². The maximum Gasteiger partial charge on any atom is 0.321 e. The van der Waals surface area contributed by atoms with Crippen molar-refractivity contribution in [2.75, 3.05) is 23.8 Å². The van der Waals surface area contributed by atoms with E-state index in [0.29, 0.717) is 35.9 Å². The van der Waals surface area contributed by atoms with Gasteiger partial charge in [0.2, 0.25) is 0 Å². The molecule has 3 aromatic rings. The lowest BCUT2D eigenvalue weighted by atomic mass is 10.0. The van der Waals surface area contributed by atoms with Crippen LogP contribution in [0.25, 0.3) is 0 Å². The van der Waals surface area contributed by atoms with Gasteiger partial charge in [-0.2, -0.15) is 4.98 Å². The Morgan fingerprint density at radius 2 is 1.84 bits per heavy atom. The molecule has 2 amide bonds. The van der Waals surface area contributed by atoms with E-state index in [4.69, 9.17) is 21.2 Å². The number of hydrogen-bond donors (Lipinski definition) is 4. The molecule has 0 spiro atoms. The van der Waals surface area contributed by atoms with Crippen LogP contribution in [-0.2, 0) is 12.8 Å². The van der Waals surface area contributed by atoms with Gasteiger partial charge in [0.25, 0.3) is 0 Å². The molecule has 4 N–H and O–H groups in total. The summed E-state index contributed by atoms with van der Waals surface area (Å²) in [5, 5.41) is 22.2. The van der Waals surface area contributed by atoms with Gasteiger partial charge in [-0.05, 0) is 48.2 Å². The van der Waals surface area contributed by atoms with Gasteiger partial charge in [0.1, 0.15) is 0 Å². The van der Waals surface area contributed by atoms with E-state index in [0.717, 1.165) is 12.0 Å². The molecule has 0 bridgehead atoms. The topological polar surface area (TPSA) is 112 Å². The zero-order chi connectivity index (χ0) is 22.1. The van der Waals surface area contributed by atoms with Crippen LogP contribution in [0.2, 0.25) is 5.02 Å². The quantitative estimate of drug-likeness (QED) is 0.349. The molecular formula is C22H26ClN5O3. The molecule has 0 saturated heterocycles. The Morgan fingerprint density at radius 3 is 2.52 bits per heavy atom. The van der Waals surface area contributed by atoms with E-state index >= 15 is 0 Å². The summed E-state index contributed by atoms with van der Waals surface area (Å²) >= 11 is 5.90. The zero-order valence-corrected chi connectivity index (χ0v) is 18.0. The molecule has 8 nitrogen and oxygen atoms in total. The Labute approximate surface area is 186 Å². The Morgan fingerprint density at radius 1 is 1.13 bits per heavy atom. The second-order valence-electron chi connectivity index (χ2n) is 6.99. The lowest BCUT2D eigenvalue weighted by Crippen LogP contribution is -2.34. The molecule has 0 radical (unpaired) electrons. The zero-order valence-electron chi connectivity index (χ0n) is 17.3. The van der Waals surface area contributed by atoms with Gasteiger partial charge in [-0.3, -0.25) is 0 Å². The first kappa shape index (κ1) is 22.6. The number of rotatable bonds is 10. The molecule has 1 unspecified atom stereocenters. The number of urea groups is 1. The first-order valence-electron chi connectivity index (χ1n) is 10.2. The van der Waals surface area contributed by atoms with Crippen molar-refractivity contribution < 1.29 is 14.4 Å². The van der Waals surface area contributed by atoms with Gasteiger partial charge in [-0.15, -0.1) is 0 Å². The molecule has 1 heterocycles. The molecule has 0 aliphatic carbocycles. The third-order valence-corrected chi connectivity index (χ3v) is 4.89. The van der Waals surface area contributed by atoms with Crippen molar-refractivity contribution >= 4 is 29.3 Å². The average Bonchev–Trinajstić information content (AvgIpc) is 3.24. The van der Waals surface area contributed by atoms with Crippen LogP contribution in [-0.4, -0.2) is 34.4 Å². The van der Waals surface area contributed by atoms with E-state index in [-0.39, 0.29) is 12.6 Å². The normalized spacial score (nSPS) is 11.7. The fraction of sp³-hybridized carbons (Fsp3) is 0.318. The minimum absolute atomic E-state index is 0.0663. The number of aliphatic hydroxyl groups excluding tert-OH is 1. The van der Waals surface area contributed by atoms with Gasteiger partial charge in [-0.25, -0.2) is 4.79 Å². The van der Waals surface area contributed by atoms with Gasteiger partial charge in [-0.1, -0.05) is 47.9 Å². The van der Waals surface area contributed by atoms with Crippen LogP contribution in [0.3, 0.4) is 0 Å². The SMILES string of the molecule is CCc1ccc(CC(NC(=O)Nc2ccc(Cl)cc2)c2noc(NCCCO)n2)cc1. The molecule has 31 heavy (non-hydrogen) atoms. The first-order chi connectivity index (χ1) is 15.1. The molecule has 0 saturated carbocycles. The van der Waals surface area contributed by atoms with Crippen molar-refractivity contribution in [3.05, 3.63) is 70.5 Å². The van der Waals surface area contributed by atoms with Gasteiger partial charge in [0, 0.05) is 30.3 Å². The highest BCUT2D eigenvalue weighted by molar-refractivity contribution is 6.30. The second kappa shape index (κ2) is 11.3. The molecule has 0 aliphatic heterocycles. The third-order valence-electron chi connectivity index (χ3n) is 4.64. The number of aryl methyl sites for hydroxylation is 1. The molecule has 3 rings (SSSR count). The Kier molecular flexibility index (Phi) is 8.26. The van der Waals surface area contributed by atoms with E-state index in [9.17, 15) is 4.79 Å². The largest absolute Gasteiger partial charge is 0.396 e. The number of carbonyl (C=O) groups is 1. The smallest absolute Gasteiger partial charge is 0.321 e. The van der Waals surface area contributed by atoms with Crippen molar-refractivity contribution in [3.63, 3.8) is 0 Å². The number of hydrogen-bond acceptors (Lipinski definition) is 6. The highest BCUT2D eigenvalue weighted by Gasteiger charge is 2.21. The molecular weight excluding hydrogens is 418 g/mol. The number of aliphatic hydroxyl groups is 1. The van der Waals surface area contributed by atoms with Gasteiger partial charge < -0.3 is 25.6 Å². The number of amides is 2. The van der Waals surface area contributed by atoms with Gasteiger partial charge >= 0.3 is 12.0 Å². The van der Waals surface area contributed by atoms with E-state index in [2.05, 4.69) is 45.1 Å². The lowest BCUT2D eigenvalue weighted by molar-refractivity contribution is 0.247. The predicted octanol–water partition coefficient (Wildman–Crippen LogP) is 4.19. The number of nitrogens with one attached hydrogen (secondary N) is 3. The number of benzene rings is 2. The monoisotopic (exact) mass is 443 g/mol. The molecule has 0 fully saturated rings. The summed E-state index contributed by atoms with van der Waals surface area (Å²) < 4.78 is 5.24. The van der Waals surface area contributed by atoms with Crippen molar-refractivity contribution in [3.8, 4) is 0 Å². The summed E-state index contributed by atoms with van der Waals surface area (Å²) in [6, 6.07) is 14.4. The minimum Gasteiger partial charge on any atom is -0.396 e. The van der Waals surface area contributed by atoms with E-state index in [1.54, 1.807) is 24.3 Å². The number of halogens is 1. The van der Waals surface area contributed by atoms with Crippen molar-refractivity contribution in [1.29, 1.82) is 0 Å². The molecule has 9 heteroatoms. The molecule has 1 atom stereocenters. The Hall–Kier alpha value is -3.10. The van der Waals surface area contributed by atoms with Crippen molar-refractivity contribution in [2.24, 2.45) is 0 Å². The number of aromatic nitrogens is 2. The first-order valence-corrected chi connectivity index (χ1v) is 10.5. The third kappa shape index (κ3) is 6.97. The van der Waals surface area contributed by atoms with Crippen LogP contribution in [0, 0.1) is 0 Å². The maximum atomic E-state index is 12.6. The molecule has 164 valence electrons. The summed E-state index contributed by atoms with van der Waals surface area (Å²) in [7, 11) is 0. The Balaban J connectivity index is 1.72. The number of nitrogens with zero attached hydrogens (tertiary/aromatic N) is 2. The summed E-state index contributed by atoms with van der Waals surface area (Å²) in [5.74, 6) is 0.359.